The topological polar surface area (TPSA) is 39.9 Å². The highest BCUT2D eigenvalue weighted by molar-refractivity contribution is 5.60. The zero-order valence-corrected chi connectivity index (χ0v) is 12.6. The number of aromatic nitrogens is 1. The van der Waals surface area contributed by atoms with Gasteiger partial charge in [0.2, 0.25) is 0 Å². The molecule has 2 fully saturated rings. The first-order chi connectivity index (χ1) is 10.3. The average molecular weight is 309 g/mol. The number of hydrogen-bond acceptors (Lipinski definition) is 3. The number of nitriles is 1. The molecule has 0 spiro atoms. The van der Waals surface area contributed by atoms with Crippen molar-refractivity contribution in [1.82, 2.24) is 4.98 Å². The summed E-state index contributed by atoms with van der Waals surface area (Å²) in [6.45, 7) is 4.28. The number of hydrogen-bond donors (Lipinski definition) is 0. The second-order valence-electron chi connectivity index (χ2n) is 6.37. The van der Waals surface area contributed by atoms with Gasteiger partial charge in [0.1, 0.15) is 17.5 Å². The molecule has 22 heavy (non-hydrogen) atoms. The molecule has 1 aromatic heterocycles. The summed E-state index contributed by atoms with van der Waals surface area (Å²) in [5.41, 5.74) is -0.919. The maximum Gasteiger partial charge on any atom is 0.417 e. The van der Waals surface area contributed by atoms with Crippen LogP contribution >= 0.6 is 0 Å². The van der Waals surface area contributed by atoms with Crippen LogP contribution in [0.3, 0.4) is 0 Å². The van der Waals surface area contributed by atoms with Gasteiger partial charge in [0.15, 0.2) is 0 Å². The van der Waals surface area contributed by atoms with E-state index in [0.717, 1.165) is 18.9 Å². The molecule has 3 unspecified atom stereocenters. The average Bonchev–Trinajstić information content (AvgIpc) is 3.00. The van der Waals surface area contributed by atoms with E-state index in [1.807, 2.05) is 11.8 Å². The van der Waals surface area contributed by atoms with E-state index in [1.165, 1.54) is 6.42 Å². The molecule has 1 aliphatic carbocycles. The predicted octanol–water partition coefficient (Wildman–Crippen LogP) is 3.91. The minimum atomic E-state index is -4.54. The van der Waals surface area contributed by atoms with Crippen molar-refractivity contribution in [3.63, 3.8) is 0 Å². The number of fused-ring (bicyclic) bond motifs is 1. The zero-order valence-electron chi connectivity index (χ0n) is 12.6. The molecule has 2 heterocycles. The Balaban J connectivity index is 2.08. The summed E-state index contributed by atoms with van der Waals surface area (Å²) >= 11 is 0. The number of anilines is 1. The van der Waals surface area contributed by atoms with Gasteiger partial charge in [-0.2, -0.15) is 18.4 Å². The maximum atomic E-state index is 13.2. The fourth-order valence-electron chi connectivity index (χ4n) is 4.06. The smallest absolute Gasteiger partial charge is 0.352 e. The van der Waals surface area contributed by atoms with Crippen LogP contribution in [0.5, 0.6) is 0 Å². The minimum absolute atomic E-state index is 0.134. The quantitative estimate of drug-likeness (QED) is 0.790. The first-order valence-electron chi connectivity index (χ1n) is 7.58. The molecule has 118 valence electrons. The number of aryl methyl sites for hydroxylation is 1. The molecule has 3 atom stereocenters. The Kier molecular flexibility index (Phi) is 3.54. The van der Waals surface area contributed by atoms with Crippen molar-refractivity contribution in [2.45, 2.75) is 45.3 Å². The van der Waals surface area contributed by atoms with Crippen molar-refractivity contribution in [3.05, 3.63) is 22.9 Å². The van der Waals surface area contributed by atoms with E-state index in [0.29, 0.717) is 24.1 Å². The Hall–Kier alpha value is -1.77. The Morgan fingerprint density at radius 3 is 2.68 bits per heavy atom. The molecule has 3 rings (SSSR count). The van der Waals surface area contributed by atoms with Gasteiger partial charge in [0, 0.05) is 18.3 Å². The van der Waals surface area contributed by atoms with Crippen LogP contribution in [0.4, 0.5) is 19.0 Å². The normalized spacial score (nSPS) is 27.8. The molecule has 1 aliphatic heterocycles. The van der Waals surface area contributed by atoms with E-state index in [1.54, 1.807) is 13.0 Å². The number of pyridine rings is 1. The summed E-state index contributed by atoms with van der Waals surface area (Å²) in [5, 5.41) is 9.29. The molecule has 3 nitrogen and oxygen atoms in total. The number of rotatable bonds is 1. The Bertz CT molecular complexity index is 633. The third-order valence-corrected chi connectivity index (χ3v) is 5.08. The van der Waals surface area contributed by atoms with E-state index in [4.69, 9.17) is 0 Å². The molecule has 0 N–H and O–H groups in total. The van der Waals surface area contributed by atoms with Crippen LogP contribution in [-0.4, -0.2) is 17.6 Å². The summed E-state index contributed by atoms with van der Waals surface area (Å²) in [5.74, 6) is 1.22. The largest absolute Gasteiger partial charge is 0.417 e. The third kappa shape index (κ3) is 2.33. The van der Waals surface area contributed by atoms with Crippen LogP contribution in [-0.2, 0) is 6.18 Å². The first kappa shape index (κ1) is 15.1. The standard InChI is InChI=1S/C16H18F3N3/c1-9-6-14(16(17,18)19)13(7-20)15(21-9)22-8-11-4-3-5-12(11)10(22)2/h6,10-12H,3-5,8H2,1-2H3. The molecule has 1 aromatic rings. The Morgan fingerprint density at radius 2 is 2.09 bits per heavy atom. The lowest BCUT2D eigenvalue weighted by Crippen LogP contribution is -2.32. The van der Waals surface area contributed by atoms with Crippen LogP contribution < -0.4 is 4.90 Å². The van der Waals surface area contributed by atoms with Gasteiger partial charge in [-0.25, -0.2) is 4.98 Å². The SMILES string of the molecule is Cc1cc(C(F)(F)F)c(C#N)c(N2CC3CCCC3C2C)n1. The molecular formula is C16H18F3N3. The van der Waals surface area contributed by atoms with Gasteiger partial charge < -0.3 is 4.90 Å². The number of halogens is 3. The van der Waals surface area contributed by atoms with Crippen molar-refractivity contribution < 1.29 is 13.2 Å². The van der Waals surface area contributed by atoms with E-state index in [9.17, 15) is 18.4 Å². The van der Waals surface area contributed by atoms with Crippen molar-refractivity contribution in [1.29, 1.82) is 5.26 Å². The summed E-state index contributed by atoms with van der Waals surface area (Å²) in [7, 11) is 0. The van der Waals surface area contributed by atoms with Crippen LogP contribution in [0.25, 0.3) is 0 Å². The van der Waals surface area contributed by atoms with E-state index >= 15 is 0 Å². The maximum absolute atomic E-state index is 13.2. The van der Waals surface area contributed by atoms with Crippen molar-refractivity contribution in [2.75, 3.05) is 11.4 Å². The zero-order chi connectivity index (χ0) is 16.1. The van der Waals surface area contributed by atoms with Gasteiger partial charge in [-0.05, 0) is 44.6 Å². The molecule has 1 saturated heterocycles. The lowest BCUT2D eigenvalue weighted by molar-refractivity contribution is -0.137. The molecule has 0 amide bonds. The summed E-state index contributed by atoms with van der Waals surface area (Å²) in [6.07, 6.45) is -1.12. The molecular weight excluding hydrogens is 291 g/mol. The predicted molar refractivity (Wildman–Crippen MR) is 76.3 cm³/mol. The minimum Gasteiger partial charge on any atom is -0.352 e. The monoisotopic (exact) mass is 309 g/mol. The van der Waals surface area contributed by atoms with Gasteiger partial charge in [-0.15, -0.1) is 0 Å². The van der Waals surface area contributed by atoms with E-state index in [2.05, 4.69) is 4.98 Å². The molecule has 0 aromatic carbocycles. The first-order valence-corrected chi connectivity index (χ1v) is 7.58. The van der Waals surface area contributed by atoms with Crippen molar-refractivity contribution in [3.8, 4) is 6.07 Å². The van der Waals surface area contributed by atoms with Crippen LogP contribution in [0.1, 0.15) is 43.0 Å². The van der Waals surface area contributed by atoms with Gasteiger partial charge in [-0.3, -0.25) is 0 Å². The van der Waals surface area contributed by atoms with Gasteiger partial charge in [0.05, 0.1) is 5.56 Å². The second-order valence-corrected chi connectivity index (χ2v) is 6.37. The highest BCUT2D eigenvalue weighted by atomic mass is 19.4. The van der Waals surface area contributed by atoms with Crippen molar-refractivity contribution in [2.24, 2.45) is 11.8 Å². The molecule has 0 radical (unpaired) electrons. The van der Waals surface area contributed by atoms with Crippen LogP contribution in [0.15, 0.2) is 6.07 Å². The van der Waals surface area contributed by atoms with E-state index in [-0.39, 0.29) is 17.4 Å². The highest BCUT2D eigenvalue weighted by Crippen LogP contribution is 2.45. The molecule has 6 heteroatoms. The summed E-state index contributed by atoms with van der Waals surface area (Å²) in [4.78, 5) is 6.19. The number of nitrogens with zero attached hydrogens (tertiary/aromatic N) is 3. The Morgan fingerprint density at radius 1 is 1.36 bits per heavy atom. The van der Waals surface area contributed by atoms with Gasteiger partial charge in [0.25, 0.3) is 0 Å². The van der Waals surface area contributed by atoms with Gasteiger partial charge in [-0.1, -0.05) is 6.42 Å². The van der Waals surface area contributed by atoms with Crippen LogP contribution in [0.2, 0.25) is 0 Å². The third-order valence-electron chi connectivity index (χ3n) is 5.08. The van der Waals surface area contributed by atoms with Gasteiger partial charge >= 0.3 is 6.18 Å². The lowest BCUT2D eigenvalue weighted by Gasteiger charge is -2.27. The molecule has 1 saturated carbocycles. The fraction of sp³-hybridized carbons (Fsp3) is 0.625. The summed E-state index contributed by atoms with van der Waals surface area (Å²) in [6, 6.07) is 2.83. The summed E-state index contributed by atoms with van der Waals surface area (Å²) < 4.78 is 39.6. The molecule has 0 bridgehead atoms. The lowest BCUT2D eigenvalue weighted by atomic mass is 9.95. The van der Waals surface area contributed by atoms with Crippen molar-refractivity contribution >= 4 is 5.82 Å². The number of alkyl halides is 3. The van der Waals surface area contributed by atoms with E-state index < -0.39 is 11.7 Å². The Labute approximate surface area is 127 Å². The fourth-order valence-corrected chi connectivity index (χ4v) is 4.06. The van der Waals surface area contributed by atoms with Crippen LogP contribution in [0, 0.1) is 30.1 Å². The highest BCUT2D eigenvalue weighted by Gasteiger charge is 2.44. The molecule has 2 aliphatic rings. The second kappa shape index (κ2) is 5.15.